The van der Waals surface area contributed by atoms with E-state index < -0.39 is 22.8 Å². The third kappa shape index (κ3) is 5.85. The molecule has 0 amide bonds. The van der Waals surface area contributed by atoms with Crippen molar-refractivity contribution >= 4 is 17.6 Å². The SMILES string of the molecule is COC(=O)C1=C(C)NC(C)=C(C(=O)OCc2ccc(OCCO)cc2)C1c1cccc([N+](=O)[O-])c1. The van der Waals surface area contributed by atoms with Crippen molar-refractivity contribution in [2.75, 3.05) is 20.3 Å². The smallest absolute Gasteiger partial charge is 0.337 e. The number of hydrogen-bond donors (Lipinski definition) is 2. The lowest BCUT2D eigenvalue weighted by atomic mass is 9.80. The summed E-state index contributed by atoms with van der Waals surface area (Å²) < 4.78 is 15.8. The van der Waals surface area contributed by atoms with Gasteiger partial charge < -0.3 is 24.6 Å². The first-order valence-corrected chi connectivity index (χ1v) is 10.8. The number of ether oxygens (including phenoxy) is 3. The van der Waals surface area contributed by atoms with Crippen molar-refractivity contribution in [3.63, 3.8) is 0 Å². The van der Waals surface area contributed by atoms with Gasteiger partial charge in [0.1, 0.15) is 19.0 Å². The summed E-state index contributed by atoms with van der Waals surface area (Å²) in [6, 6.07) is 12.6. The molecule has 2 N–H and O–H groups in total. The second-order valence-corrected chi connectivity index (χ2v) is 7.77. The fourth-order valence-corrected chi connectivity index (χ4v) is 3.87. The zero-order chi connectivity index (χ0) is 25.5. The van der Waals surface area contributed by atoms with E-state index in [1.165, 1.54) is 25.3 Å². The summed E-state index contributed by atoms with van der Waals surface area (Å²) in [6.07, 6.45) is 0. The number of dihydropyridines is 1. The number of carbonyl (C=O) groups is 2. The van der Waals surface area contributed by atoms with E-state index in [1.807, 2.05) is 0 Å². The fraction of sp³-hybridized carbons (Fsp3) is 0.280. The Morgan fingerprint density at radius 1 is 1.06 bits per heavy atom. The van der Waals surface area contributed by atoms with Crippen LogP contribution in [0, 0.1) is 10.1 Å². The highest BCUT2D eigenvalue weighted by molar-refractivity contribution is 5.99. The van der Waals surface area contributed by atoms with Gasteiger partial charge in [-0.1, -0.05) is 24.3 Å². The Morgan fingerprint density at radius 2 is 1.71 bits per heavy atom. The number of esters is 2. The fourth-order valence-electron chi connectivity index (χ4n) is 3.87. The zero-order valence-electron chi connectivity index (χ0n) is 19.6. The largest absolute Gasteiger partial charge is 0.491 e. The molecule has 0 bridgehead atoms. The maximum absolute atomic E-state index is 13.3. The minimum Gasteiger partial charge on any atom is -0.491 e. The predicted octanol–water partition coefficient (Wildman–Crippen LogP) is 3.12. The van der Waals surface area contributed by atoms with Crippen molar-refractivity contribution in [2.45, 2.75) is 26.4 Å². The van der Waals surface area contributed by atoms with E-state index in [0.29, 0.717) is 28.3 Å². The number of nitro groups is 1. The summed E-state index contributed by atoms with van der Waals surface area (Å²) in [5, 5.41) is 23.2. The Bertz CT molecular complexity index is 1180. The van der Waals surface area contributed by atoms with Crippen LogP contribution in [0.5, 0.6) is 5.75 Å². The molecule has 1 atom stereocenters. The highest BCUT2D eigenvalue weighted by Crippen LogP contribution is 2.40. The predicted molar refractivity (Wildman–Crippen MR) is 125 cm³/mol. The molecule has 35 heavy (non-hydrogen) atoms. The van der Waals surface area contributed by atoms with Crippen molar-refractivity contribution < 1.29 is 33.8 Å². The lowest BCUT2D eigenvalue weighted by Crippen LogP contribution is -2.32. The van der Waals surface area contributed by atoms with Crippen molar-refractivity contribution in [2.24, 2.45) is 0 Å². The molecule has 2 aromatic carbocycles. The number of allylic oxidation sites excluding steroid dienone is 2. The quantitative estimate of drug-likeness (QED) is 0.314. The van der Waals surface area contributed by atoms with Gasteiger partial charge in [-0.2, -0.15) is 0 Å². The van der Waals surface area contributed by atoms with Gasteiger partial charge >= 0.3 is 11.9 Å². The topological polar surface area (TPSA) is 137 Å². The molecule has 1 heterocycles. The number of nitrogens with one attached hydrogen (secondary N) is 1. The Hall–Kier alpha value is -4.18. The number of hydrogen-bond acceptors (Lipinski definition) is 9. The van der Waals surface area contributed by atoms with Gasteiger partial charge in [-0.05, 0) is 37.1 Å². The monoisotopic (exact) mass is 482 g/mol. The zero-order valence-corrected chi connectivity index (χ0v) is 19.6. The Kier molecular flexibility index (Phi) is 8.21. The molecule has 184 valence electrons. The van der Waals surface area contributed by atoms with Crippen LogP contribution < -0.4 is 10.1 Å². The number of aliphatic hydroxyl groups is 1. The Morgan fingerprint density at radius 3 is 2.31 bits per heavy atom. The lowest BCUT2D eigenvalue weighted by molar-refractivity contribution is -0.384. The second kappa shape index (κ2) is 11.3. The first kappa shape index (κ1) is 25.4. The van der Waals surface area contributed by atoms with E-state index in [9.17, 15) is 19.7 Å². The van der Waals surface area contributed by atoms with Crippen LogP contribution in [0.3, 0.4) is 0 Å². The van der Waals surface area contributed by atoms with E-state index >= 15 is 0 Å². The lowest BCUT2D eigenvalue weighted by Gasteiger charge is -2.30. The van der Waals surface area contributed by atoms with E-state index in [2.05, 4.69) is 5.32 Å². The highest BCUT2D eigenvalue weighted by Gasteiger charge is 2.38. The summed E-state index contributed by atoms with van der Waals surface area (Å²) >= 11 is 0. The molecule has 10 heteroatoms. The van der Waals surface area contributed by atoms with Gasteiger partial charge in [0.2, 0.25) is 0 Å². The van der Waals surface area contributed by atoms with E-state index in [-0.39, 0.29) is 36.7 Å². The number of benzene rings is 2. The van der Waals surface area contributed by atoms with Crippen LogP contribution in [0.1, 0.15) is 30.9 Å². The van der Waals surface area contributed by atoms with Crippen molar-refractivity contribution in [1.29, 1.82) is 0 Å². The van der Waals surface area contributed by atoms with Gasteiger partial charge in [0.05, 0.1) is 35.7 Å². The number of rotatable bonds is 9. The van der Waals surface area contributed by atoms with Crippen LogP contribution in [-0.4, -0.2) is 42.3 Å². The standard InChI is InChI=1S/C25H26N2O8/c1-15-21(24(29)33-3)23(18-5-4-6-19(13-18)27(31)32)22(16(2)26-15)25(30)35-14-17-7-9-20(10-8-17)34-12-11-28/h4-10,13,23,26,28H,11-12,14H2,1-3H3. The van der Waals surface area contributed by atoms with Crippen LogP contribution in [0.4, 0.5) is 5.69 Å². The van der Waals surface area contributed by atoms with Crippen LogP contribution in [-0.2, 0) is 25.7 Å². The molecule has 0 spiro atoms. The third-order valence-electron chi connectivity index (χ3n) is 5.45. The number of non-ortho nitro benzene ring substituents is 1. The average Bonchev–Trinajstić information content (AvgIpc) is 2.85. The molecule has 1 aliphatic heterocycles. The third-order valence-corrected chi connectivity index (χ3v) is 5.45. The minimum atomic E-state index is -0.926. The first-order valence-electron chi connectivity index (χ1n) is 10.8. The molecule has 2 aromatic rings. The summed E-state index contributed by atoms with van der Waals surface area (Å²) in [4.78, 5) is 36.8. The first-order chi connectivity index (χ1) is 16.8. The van der Waals surface area contributed by atoms with E-state index in [0.717, 1.165) is 0 Å². The van der Waals surface area contributed by atoms with Gasteiger partial charge in [0.15, 0.2) is 0 Å². The summed E-state index contributed by atoms with van der Waals surface area (Å²) in [5.74, 6) is -1.70. The molecule has 0 aromatic heterocycles. The summed E-state index contributed by atoms with van der Waals surface area (Å²) in [6.45, 7) is 3.36. The van der Waals surface area contributed by atoms with Gasteiger partial charge in [-0.3, -0.25) is 10.1 Å². The number of carbonyl (C=O) groups excluding carboxylic acids is 2. The highest BCUT2D eigenvalue weighted by atomic mass is 16.6. The molecule has 10 nitrogen and oxygen atoms in total. The molecule has 0 fully saturated rings. The number of aliphatic hydroxyl groups excluding tert-OH is 1. The molecule has 0 aliphatic carbocycles. The van der Waals surface area contributed by atoms with Crippen molar-refractivity contribution in [3.8, 4) is 5.75 Å². The molecular formula is C25H26N2O8. The molecule has 3 rings (SSSR count). The second-order valence-electron chi connectivity index (χ2n) is 7.77. The van der Waals surface area contributed by atoms with Crippen LogP contribution in [0.15, 0.2) is 71.1 Å². The number of methoxy groups -OCH3 is 1. The molecule has 0 saturated heterocycles. The van der Waals surface area contributed by atoms with Gasteiger partial charge in [-0.15, -0.1) is 0 Å². The van der Waals surface area contributed by atoms with Crippen molar-refractivity contribution in [3.05, 3.63) is 92.3 Å². The molecule has 0 radical (unpaired) electrons. The number of nitro benzene ring substituents is 1. The Balaban J connectivity index is 1.92. The molecule has 0 saturated carbocycles. The molecule has 1 aliphatic rings. The maximum atomic E-state index is 13.3. The normalized spacial score (nSPS) is 15.4. The Labute approximate surface area is 202 Å². The van der Waals surface area contributed by atoms with Gasteiger partial charge in [0.25, 0.3) is 5.69 Å². The maximum Gasteiger partial charge on any atom is 0.337 e. The number of nitrogens with zero attached hydrogens (tertiary/aromatic N) is 1. The average molecular weight is 482 g/mol. The molecule has 1 unspecified atom stereocenters. The van der Waals surface area contributed by atoms with Gasteiger partial charge in [0, 0.05) is 23.5 Å². The van der Waals surface area contributed by atoms with E-state index in [1.54, 1.807) is 44.2 Å². The van der Waals surface area contributed by atoms with Crippen LogP contribution in [0.2, 0.25) is 0 Å². The van der Waals surface area contributed by atoms with Crippen LogP contribution >= 0.6 is 0 Å². The molecular weight excluding hydrogens is 456 g/mol. The van der Waals surface area contributed by atoms with Crippen molar-refractivity contribution in [1.82, 2.24) is 5.32 Å². The summed E-state index contributed by atoms with van der Waals surface area (Å²) in [5.41, 5.74) is 2.16. The van der Waals surface area contributed by atoms with Gasteiger partial charge in [-0.25, -0.2) is 9.59 Å². The van der Waals surface area contributed by atoms with Crippen LogP contribution in [0.25, 0.3) is 0 Å². The minimum absolute atomic E-state index is 0.0478. The van der Waals surface area contributed by atoms with E-state index in [4.69, 9.17) is 19.3 Å². The summed E-state index contributed by atoms with van der Waals surface area (Å²) in [7, 11) is 1.23.